The summed E-state index contributed by atoms with van der Waals surface area (Å²) in [5, 5.41) is 10.2. The van der Waals surface area contributed by atoms with Crippen molar-refractivity contribution >= 4 is 5.69 Å². The SMILES string of the molecule is COc1cccc(C(O)c2ccccc2F)c1N. The zero-order chi connectivity index (χ0) is 13.1. The maximum Gasteiger partial charge on any atom is 0.142 e. The predicted octanol–water partition coefficient (Wildman–Crippen LogP) is 2.50. The lowest BCUT2D eigenvalue weighted by atomic mass is 9.99. The van der Waals surface area contributed by atoms with Crippen LogP contribution in [0.15, 0.2) is 42.5 Å². The van der Waals surface area contributed by atoms with E-state index in [0.29, 0.717) is 17.0 Å². The van der Waals surface area contributed by atoms with E-state index in [9.17, 15) is 9.50 Å². The van der Waals surface area contributed by atoms with Crippen LogP contribution < -0.4 is 10.5 Å². The number of para-hydroxylation sites is 1. The number of benzene rings is 2. The number of ether oxygens (including phenoxy) is 1. The molecule has 94 valence electrons. The van der Waals surface area contributed by atoms with Crippen LogP contribution in [0.3, 0.4) is 0 Å². The van der Waals surface area contributed by atoms with Crippen molar-refractivity contribution in [2.45, 2.75) is 6.10 Å². The van der Waals surface area contributed by atoms with E-state index in [0.717, 1.165) is 0 Å². The number of hydrogen-bond donors (Lipinski definition) is 2. The second-order valence-corrected chi connectivity index (χ2v) is 3.89. The number of aliphatic hydroxyl groups is 1. The zero-order valence-electron chi connectivity index (χ0n) is 9.93. The number of halogens is 1. The van der Waals surface area contributed by atoms with Gasteiger partial charge in [0.1, 0.15) is 17.7 Å². The summed E-state index contributed by atoms with van der Waals surface area (Å²) in [6.07, 6.45) is -1.11. The van der Waals surface area contributed by atoms with Crippen molar-refractivity contribution in [3.8, 4) is 5.75 Å². The molecule has 3 N–H and O–H groups in total. The predicted molar refractivity (Wildman–Crippen MR) is 67.9 cm³/mol. The average molecular weight is 247 g/mol. The van der Waals surface area contributed by atoms with Gasteiger partial charge in [0.2, 0.25) is 0 Å². The summed E-state index contributed by atoms with van der Waals surface area (Å²) in [5.74, 6) is -0.00453. The van der Waals surface area contributed by atoms with Gasteiger partial charge in [0, 0.05) is 11.1 Å². The van der Waals surface area contributed by atoms with Crippen molar-refractivity contribution in [3.63, 3.8) is 0 Å². The zero-order valence-corrected chi connectivity index (χ0v) is 9.93. The Hall–Kier alpha value is -2.07. The first-order valence-corrected chi connectivity index (χ1v) is 5.50. The van der Waals surface area contributed by atoms with Gasteiger partial charge in [0.15, 0.2) is 0 Å². The summed E-state index contributed by atoms with van der Waals surface area (Å²) in [4.78, 5) is 0. The van der Waals surface area contributed by atoms with E-state index in [2.05, 4.69) is 0 Å². The van der Waals surface area contributed by atoms with Crippen molar-refractivity contribution in [2.24, 2.45) is 0 Å². The molecule has 2 aromatic rings. The minimum absolute atomic E-state index is 0.192. The number of hydrogen-bond acceptors (Lipinski definition) is 3. The third kappa shape index (κ3) is 2.15. The lowest BCUT2D eigenvalue weighted by Crippen LogP contribution is -2.06. The standard InChI is InChI=1S/C14H14FNO2/c1-18-12-8-4-6-10(13(12)16)14(17)9-5-2-3-7-11(9)15/h2-8,14,17H,16H2,1H3. The van der Waals surface area contributed by atoms with Crippen LogP contribution in [0.25, 0.3) is 0 Å². The second kappa shape index (κ2) is 5.06. The molecule has 0 saturated heterocycles. The minimum Gasteiger partial charge on any atom is -0.495 e. The van der Waals surface area contributed by atoms with Gasteiger partial charge < -0.3 is 15.6 Å². The lowest BCUT2D eigenvalue weighted by molar-refractivity contribution is 0.215. The first kappa shape index (κ1) is 12.4. The Balaban J connectivity index is 2.47. The van der Waals surface area contributed by atoms with Crippen LogP contribution in [0.5, 0.6) is 5.75 Å². The van der Waals surface area contributed by atoms with E-state index in [-0.39, 0.29) is 5.56 Å². The van der Waals surface area contributed by atoms with Crippen LogP contribution in [0, 0.1) is 5.82 Å². The van der Waals surface area contributed by atoms with Crippen LogP contribution in [0.1, 0.15) is 17.2 Å². The molecule has 1 unspecified atom stereocenters. The molecule has 0 saturated carbocycles. The van der Waals surface area contributed by atoms with Gasteiger partial charge in [-0.1, -0.05) is 30.3 Å². The van der Waals surface area contributed by atoms with Crippen molar-refractivity contribution in [1.29, 1.82) is 0 Å². The number of nitrogens with two attached hydrogens (primary N) is 1. The first-order chi connectivity index (χ1) is 8.65. The molecule has 0 aliphatic rings. The summed E-state index contributed by atoms with van der Waals surface area (Å²) >= 11 is 0. The number of rotatable bonds is 3. The molecule has 1 atom stereocenters. The molecule has 0 amide bonds. The number of aliphatic hydroxyl groups excluding tert-OH is 1. The van der Waals surface area contributed by atoms with Gasteiger partial charge >= 0.3 is 0 Å². The molecule has 0 spiro atoms. The summed E-state index contributed by atoms with van der Waals surface area (Å²) in [6.45, 7) is 0. The molecule has 0 aromatic heterocycles. The summed E-state index contributed by atoms with van der Waals surface area (Å²) in [7, 11) is 1.49. The highest BCUT2D eigenvalue weighted by atomic mass is 19.1. The summed E-state index contributed by atoms with van der Waals surface area (Å²) in [5.41, 5.74) is 6.81. The monoisotopic (exact) mass is 247 g/mol. The normalized spacial score (nSPS) is 12.2. The Labute approximate surface area is 105 Å². The summed E-state index contributed by atoms with van der Waals surface area (Å²) in [6, 6.07) is 11.1. The van der Waals surface area contributed by atoms with E-state index in [4.69, 9.17) is 10.5 Å². The topological polar surface area (TPSA) is 55.5 Å². The highest BCUT2D eigenvalue weighted by molar-refractivity contribution is 5.60. The fraction of sp³-hybridized carbons (Fsp3) is 0.143. The molecule has 2 rings (SSSR count). The summed E-state index contributed by atoms with van der Waals surface area (Å²) < 4.78 is 18.7. The van der Waals surface area contributed by atoms with Gasteiger partial charge in [-0.3, -0.25) is 0 Å². The highest BCUT2D eigenvalue weighted by Crippen LogP contribution is 2.33. The lowest BCUT2D eigenvalue weighted by Gasteiger charge is -2.16. The third-order valence-electron chi connectivity index (χ3n) is 2.81. The van der Waals surface area contributed by atoms with Gasteiger partial charge in [-0.2, -0.15) is 0 Å². The van der Waals surface area contributed by atoms with Crippen molar-refractivity contribution in [1.82, 2.24) is 0 Å². The Morgan fingerprint density at radius 3 is 2.44 bits per heavy atom. The van der Waals surface area contributed by atoms with Gasteiger partial charge in [-0.15, -0.1) is 0 Å². The fourth-order valence-electron chi connectivity index (χ4n) is 1.84. The molecule has 0 radical (unpaired) electrons. The number of anilines is 1. The maximum absolute atomic E-state index is 13.6. The van der Waals surface area contributed by atoms with Crippen LogP contribution >= 0.6 is 0 Å². The van der Waals surface area contributed by atoms with E-state index < -0.39 is 11.9 Å². The van der Waals surface area contributed by atoms with Crippen molar-refractivity contribution in [2.75, 3.05) is 12.8 Å². The van der Waals surface area contributed by atoms with E-state index in [1.807, 2.05) is 0 Å². The Kier molecular flexibility index (Phi) is 3.48. The van der Waals surface area contributed by atoms with E-state index in [1.54, 1.807) is 30.3 Å². The van der Waals surface area contributed by atoms with Crippen LogP contribution in [0.2, 0.25) is 0 Å². The first-order valence-electron chi connectivity index (χ1n) is 5.50. The molecular weight excluding hydrogens is 233 g/mol. The maximum atomic E-state index is 13.6. The molecular formula is C14H14FNO2. The van der Waals surface area contributed by atoms with E-state index in [1.165, 1.54) is 19.2 Å². The second-order valence-electron chi connectivity index (χ2n) is 3.89. The Bertz CT molecular complexity index is 557. The molecule has 0 heterocycles. The van der Waals surface area contributed by atoms with Crippen molar-refractivity contribution in [3.05, 3.63) is 59.4 Å². The minimum atomic E-state index is -1.11. The highest BCUT2D eigenvalue weighted by Gasteiger charge is 2.18. The van der Waals surface area contributed by atoms with Gasteiger partial charge in [-0.05, 0) is 12.1 Å². The van der Waals surface area contributed by atoms with Gasteiger partial charge in [0.25, 0.3) is 0 Å². The molecule has 0 bridgehead atoms. The molecule has 2 aromatic carbocycles. The third-order valence-corrected chi connectivity index (χ3v) is 2.81. The number of nitrogen functional groups attached to an aromatic ring is 1. The number of methoxy groups -OCH3 is 1. The van der Waals surface area contributed by atoms with Crippen LogP contribution in [-0.2, 0) is 0 Å². The molecule has 0 fully saturated rings. The fourth-order valence-corrected chi connectivity index (χ4v) is 1.84. The van der Waals surface area contributed by atoms with E-state index >= 15 is 0 Å². The van der Waals surface area contributed by atoms with Crippen molar-refractivity contribution < 1.29 is 14.2 Å². The molecule has 4 heteroatoms. The van der Waals surface area contributed by atoms with Gasteiger partial charge in [-0.25, -0.2) is 4.39 Å². The quantitative estimate of drug-likeness (QED) is 0.819. The molecule has 0 aliphatic carbocycles. The average Bonchev–Trinajstić information content (AvgIpc) is 2.39. The molecule has 18 heavy (non-hydrogen) atoms. The Morgan fingerprint density at radius 1 is 1.11 bits per heavy atom. The Morgan fingerprint density at radius 2 is 1.78 bits per heavy atom. The largest absolute Gasteiger partial charge is 0.495 e. The van der Waals surface area contributed by atoms with Crippen LogP contribution in [0.4, 0.5) is 10.1 Å². The molecule has 0 aliphatic heterocycles. The van der Waals surface area contributed by atoms with Crippen LogP contribution in [-0.4, -0.2) is 12.2 Å². The molecule has 3 nitrogen and oxygen atoms in total. The van der Waals surface area contributed by atoms with Gasteiger partial charge in [0.05, 0.1) is 12.8 Å². The smallest absolute Gasteiger partial charge is 0.142 e.